The number of rotatable bonds is 5. The lowest BCUT2D eigenvalue weighted by Crippen LogP contribution is -2.32. The van der Waals surface area contributed by atoms with Crippen molar-refractivity contribution in [1.82, 2.24) is 4.98 Å². The number of aromatic nitrogens is 1. The quantitative estimate of drug-likeness (QED) is 0.895. The van der Waals surface area contributed by atoms with E-state index >= 15 is 0 Å². The minimum absolute atomic E-state index is 0.155. The summed E-state index contributed by atoms with van der Waals surface area (Å²) in [6, 6.07) is 12.8. The van der Waals surface area contributed by atoms with Crippen molar-refractivity contribution in [2.75, 3.05) is 5.32 Å². The lowest BCUT2D eigenvalue weighted by molar-refractivity contribution is -0.122. The van der Waals surface area contributed by atoms with Gasteiger partial charge in [-0.15, -0.1) is 0 Å². The molecular formula is C15H16N2O2. The Morgan fingerprint density at radius 2 is 1.89 bits per heavy atom. The Hall–Kier alpha value is -2.36. The average Bonchev–Trinajstić information content (AvgIpc) is 2.47. The van der Waals surface area contributed by atoms with Crippen molar-refractivity contribution in [2.24, 2.45) is 0 Å². The third-order valence-corrected chi connectivity index (χ3v) is 2.63. The molecule has 1 N–H and O–H groups in total. The molecule has 1 atom stereocenters. The Kier molecular flexibility index (Phi) is 4.50. The predicted octanol–water partition coefficient (Wildman–Crippen LogP) is 2.88. The Labute approximate surface area is 112 Å². The Bertz CT molecular complexity index is 514. The first-order chi connectivity index (χ1) is 9.29. The van der Waals surface area contributed by atoms with Crippen LogP contribution in [-0.2, 0) is 4.79 Å². The van der Waals surface area contributed by atoms with Crippen molar-refractivity contribution in [3.63, 3.8) is 0 Å². The molecule has 0 aliphatic carbocycles. The van der Waals surface area contributed by atoms with Crippen molar-refractivity contribution in [1.29, 1.82) is 0 Å². The van der Waals surface area contributed by atoms with Gasteiger partial charge < -0.3 is 10.1 Å². The minimum Gasteiger partial charge on any atom is -0.481 e. The number of hydrogen-bond donors (Lipinski definition) is 1. The van der Waals surface area contributed by atoms with Crippen LogP contribution in [0.4, 0.5) is 5.69 Å². The molecule has 0 spiro atoms. The molecule has 0 radical (unpaired) electrons. The Balaban J connectivity index is 2.00. The van der Waals surface area contributed by atoms with E-state index in [4.69, 9.17) is 4.74 Å². The molecular weight excluding hydrogens is 240 g/mol. The van der Waals surface area contributed by atoms with E-state index in [-0.39, 0.29) is 5.91 Å². The van der Waals surface area contributed by atoms with Crippen molar-refractivity contribution < 1.29 is 9.53 Å². The summed E-state index contributed by atoms with van der Waals surface area (Å²) in [5.74, 6) is 0.539. The van der Waals surface area contributed by atoms with Crippen molar-refractivity contribution >= 4 is 11.6 Å². The first-order valence-electron chi connectivity index (χ1n) is 6.22. The number of ether oxygens (including phenoxy) is 1. The zero-order valence-corrected chi connectivity index (χ0v) is 10.7. The van der Waals surface area contributed by atoms with E-state index in [9.17, 15) is 4.79 Å². The molecule has 0 saturated heterocycles. The summed E-state index contributed by atoms with van der Waals surface area (Å²) in [6.07, 6.45) is 3.37. The molecule has 19 heavy (non-hydrogen) atoms. The van der Waals surface area contributed by atoms with Crippen LogP contribution in [-0.4, -0.2) is 17.0 Å². The number of amides is 1. The summed E-state index contributed by atoms with van der Waals surface area (Å²) in [4.78, 5) is 16.0. The van der Waals surface area contributed by atoms with Crippen LogP contribution >= 0.6 is 0 Å². The second kappa shape index (κ2) is 6.54. The smallest absolute Gasteiger partial charge is 0.265 e. The van der Waals surface area contributed by atoms with Gasteiger partial charge in [-0.1, -0.05) is 25.1 Å². The maximum atomic E-state index is 12.1. The summed E-state index contributed by atoms with van der Waals surface area (Å²) in [6.45, 7) is 1.92. The zero-order valence-electron chi connectivity index (χ0n) is 10.7. The molecule has 4 heteroatoms. The van der Waals surface area contributed by atoms with Crippen LogP contribution in [0.15, 0.2) is 54.9 Å². The minimum atomic E-state index is -0.504. The molecule has 1 aromatic heterocycles. The maximum absolute atomic E-state index is 12.1. The van der Waals surface area contributed by atoms with Crippen molar-refractivity contribution in [3.05, 3.63) is 54.9 Å². The predicted molar refractivity (Wildman–Crippen MR) is 74.0 cm³/mol. The molecule has 1 unspecified atom stereocenters. The number of carbonyl (C=O) groups is 1. The van der Waals surface area contributed by atoms with Crippen LogP contribution in [0.1, 0.15) is 13.3 Å². The largest absolute Gasteiger partial charge is 0.481 e. The highest BCUT2D eigenvalue weighted by Crippen LogP contribution is 2.14. The summed E-state index contributed by atoms with van der Waals surface area (Å²) in [5.41, 5.74) is 0.718. The molecule has 1 aromatic carbocycles. The molecule has 1 amide bonds. The normalized spacial score (nSPS) is 11.6. The van der Waals surface area contributed by atoms with Gasteiger partial charge in [0.05, 0.1) is 0 Å². The molecule has 0 aliphatic rings. The van der Waals surface area contributed by atoms with Gasteiger partial charge in [-0.3, -0.25) is 9.78 Å². The molecule has 1 heterocycles. The Morgan fingerprint density at radius 1 is 1.21 bits per heavy atom. The molecule has 0 fully saturated rings. The van der Waals surface area contributed by atoms with E-state index < -0.39 is 6.10 Å². The van der Waals surface area contributed by atoms with Crippen LogP contribution in [0.5, 0.6) is 5.75 Å². The third kappa shape index (κ3) is 3.81. The zero-order chi connectivity index (χ0) is 13.5. The molecule has 0 aliphatic heterocycles. The van der Waals surface area contributed by atoms with E-state index in [2.05, 4.69) is 10.3 Å². The van der Waals surface area contributed by atoms with Gasteiger partial charge in [-0.05, 0) is 30.7 Å². The number of para-hydroxylation sites is 1. The van der Waals surface area contributed by atoms with Gasteiger partial charge in [0, 0.05) is 18.1 Å². The van der Waals surface area contributed by atoms with Gasteiger partial charge in [0.1, 0.15) is 5.75 Å². The number of nitrogens with one attached hydrogen (secondary N) is 1. The summed E-state index contributed by atoms with van der Waals surface area (Å²) in [5, 5.41) is 2.81. The van der Waals surface area contributed by atoms with E-state index in [1.807, 2.05) is 37.3 Å². The summed E-state index contributed by atoms with van der Waals surface area (Å²) in [7, 11) is 0. The number of hydrogen-bond acceptors (Lipinski definition) is 3. The molecule has 0 saturated carbocycles. The molecule has 2 rings (SSSR count). The number of benzene rings is 1. The highest BCUT2D eigenvalue weighted by Gasteiger charge is 2.18. The van der Waals surface area contributed by atoms with Crippen molar-refractivity contribution in [3.8, 4) is 5.75 Å². The van der Waals surface area contributed by atoms with E-state index in [0.717, 1.165) is 5.69 Å². The lowest BCUT2D eigenvalue weighted by atomic mass is 10.2. The fourth-order valence-corrected chi connectivity index (χ4v) is 1.64. The second-order valence-electron chi connectivity index (χ2n) is 4.05. The van der Waals surface area contributed by atoms with E-state index in [1.165, 1.54) is 0 Å². The molecule has 98 valence electrons. The SMILES string of the molecule is CCC(Oc1ccccc1)C(=O)Nc1ccncc1. The number of nitrogens with zero attached hydrogens (tertiary/aromatic N) is 1. The topological polar surface area (TPSA) is 51.2 Å². The fourth-order valence-electron chi connectivity index (χ4n) is 1.64. The van der Waals surface area contributed by atoms with Crippen molar-refractivity contribution in [2.45, 2.75) is 19.4 Å². The summed E-state index contributed by atoms with van der Waals surface area (Å²) >= 11 is 0. The van der Waals surface area contributed by atoms with Crippen LogP contribution in [0.25, 0.3) is 0 Å². The van der Waals surface area contributed by atoms with Crippen LogP contribution in [0.3, 0.4) is 0 Å². The number of carbonyl (C=O) groups excluding carboxylic acids is 1. The second-order valence-corrected chi connectivity index (χ2v) is 4.05. The lowest BCUT2D eigenvalue weighted by Gasteiger charge is -2.17. The van der Waals surface area contributed by atoms with Crippen LogP contribution < -0.4 is 10.1 Å². The molecule has 4 nitrogen and oxygen atoms in total. The van der Waals surface area contributed by atoms with E-state index in [0.29, 0.717) is 12.2 Å². The average molecular weight is 256 g/mol. The molecule has 2 aromatic rings. The maximum Gasteiger partial charge on any atom is 0.265 e. The van der Waals surface area contributed by atoms with Gasteiger partial charge in [-0.25, -0.2) is 0 Å². The Morgan fingerprint density at radius 3 is 2.53 bits per heavy atom. The van der Waals surface area contributed by atoms with Gasteiger partial charge >= 0.3 is 0 Å². The first-order valence-corrected chi connectivity index (χ1v) is 6.22. The molecule has 0 bridgehead atoms. The van der Waals surface area contributed by atoms with Gasteiger partial charge in [0.2, 0.25) is 0 Å². The highest BCUT2D eigenvalue weighted by molar-refractivity contribution is 5.94. The number of pyridine rings is 1. The monoisotopic (exact) mass is 256 g/mol. The van der Waals surface area contributed by atoms with Crippen LogP contribution in [0.2, 0.25) is 0 Å². The van der Waals surface area contributed by atoms with Gasteiger partial charge in [-0.2, -0.15) is 0 Å². The van der Waals surface area contributed by atoms with Gasteiger partial charge in [0.15, 0.2) is 6.10 Å². The fraction of sp³-hybridized carbons (Fsp3) is 0.200. The summed E-state index contributed by atoms with van der Waals surface area (Å²) < 4.78 is 5.67. The van der Waals surface area contributed by atoms with Gasteiger partial charge in [0.25, 0.3) is 5.91 Å². The van der Waals surface area contributed by atoms with Crippen LogP contribution in [0, 0.1) is 0 Å². The standard InChI is InChI=1S/C15H16N2O2/c1-2-14(19-13-6-4-3-5-7-13)15(18)17-12-8-10-16-11-9-12/h3-11,14H,2H2,1H3,(H,16,17,18). The first kappa shape index (κ1) is 13.1. The highest BCUT2D eigenvalue weighted by atomic mass is 16.5. The van der Waals surface area contributed by atoms with E-state index in [1.54, 1.807) is 24.5 Å². The number of anilines is 1. The third-order valence-electron chi connectivity index (χ3n) is 2.63.